The first-order chi connectivity index (χ1) is 24.1. The van der Waals surface area contributed by atoms with Gasteiger partial charge in [0.25, 0.3) is 0 Å². The Bertz CT molecular complexity index is 2060. The maximum atomic E-state index is 11.5. The van der Waals surface area contributed by atoms with Crippen molar-refractivity contribution in [1.82, 2.24) is 35.3 Å². The van der Waals surface area contributed by atoms with Crippen molar-refractivity contribution in [3.05, 3.63) is 82.4 Å². The van der Waals surface area contributed by atoms with Gasteiger partial charge >= 0.3 is 0 Å². The van der Waals surface area contributed by atoms with Crippen molar-refractivity contribution in [3.8, 4) is 45.3 Å². The zero-order valence-electron chi connectivity index (χ0n) is 28.1. The van der Waals surface area contributed by atoms with Crippen LogP contribution in [0.1, 0.15) is 43.9 Å². The van der Waals surface area contributed by atoms with Crippen LogP contribution >= 0.6 is 23.2 Å². The summed E-state index contributed by atoms with van der Waals surface area (Å²) < 4.78 is 13.3. The SMILES string of the molecule is COc1nc(-c2cccc(-c3ccnc(-c4cc(OC)c5nc(CNC6CC(C)(O)C6)cn5c4)c3Cl)c2Cl)ccc1CNCC1CCC(=O)N1. The molecule has 1 aliphatic carbocycles. The Morgan fingerprint density at radius 1 is 1.02 bits per heavy atom. The van der Waals surface area contributed by atoms with Crippen molar-refractivity contribution in [2.75, 3.05) is 20.8 Å². The third-order valence-corrected chi connectivity index (χ3v) is 10.2. The topological polar surface area (TPSA) is 135 Å². The average molecular weight is 717 g/mol. The Morgan fingerprint density at radius 3 is 2.56 bits per heavy atom. The van der Waals surface area contributed by atoms with Crippen LogP contribution in [0.15, 0.2) is 61.1 Å². The van der Waals surface area contributed by atoms with E-state index in [-0.39, 0.29) is 18.0 Å². The molecule has 260 valence electrons. The van der Waals surface area contributed by atoms with Crippen molar-refractivity contribution in [1.29, 1.82) is 0 Å². The Labute approximate surface area is 300 Å². The number of aliphatic hydroxyl groups is 1. The lowest BCUT2D eigenvalue weighted by atomic mass is 9.77. The van der Waals surface area contributed by atoms with Crippen LogP contribution in [0.3, 0.4) is 0 Å². The first kappa shape index (κ1) is 34.2. The summed E-state index contributed by atoms with van der Waals surface area (Å²) in [6.07, 6.45) is 8.46. The molecule has 1 amide bonds. The van der Waals surface area contributed by atoms with Gasteiger partial charge in [0.1, 0.15) is 0 Å². The Morgan fingerprint density at radius 2 is 1.82 bits per heavy atom. The van der Waals surface area contributed by atoms with E-state index in [9.17, 15) is 9.90 Å². The fraction of sp³-hybridized carbons (Fsp3) is 0.351. The number of carbonyl (C=O) groups is 1. The minimum atomic E-state index is -0.591. The third kappa shape index (κ3) is 7.01. The van der Waals surface area contributed by atoms with Gasteiger partial charge in [0.2, 0.25) is 11.8 Å². The van der Waals surface area contributed by atoms with Gasteiger partial charge in [-0.1, -0.05) is 47.5 Å². The van der Waals surface area contributed by atoms with Gasteiger partial charge < -0.3 is 34.9 Å². The number of nitrogens with one attached hydrogen (secondary N) is 3. The van der Waals surface area contributed by atoms with Gasteiger partial charge in [0.05, 0.1) is 46.9 Å². The molecular formula is C37H39Cl2N7O4. The van der Waals surface area contributed by atoms with Gasteiger partial charge in [-0.2, -0.15) is 0 Å². The molecule has 1 saturated heterocycles. The predicted octanol–water partition coefficient (Wildman–Crippen LogP) is 5.82. The maximum Gasteiger partial charge on any atom is 0.220 e. The van der Waals surface area contributed by atoms with Crippen LogP contribution in [0.25, 0.3) is 39.3 Å². The van der Waals surface area contributed by atoms with E-state index in [1.165, 1.54) is 0 Å². The Hall–Kier alpha value is -4.26. The molecule has 1 saturated carbocycles. The molecule has 0 bridgehead atoms. The van der Waals surface area contributed by atoms with Crippen molar-refractivity contribution in [2.24, 2.45) is 0 Å². The van der Waals surface area contributed by atoms with Gasteiger partial charge in [-0.15, -0.1) is 0 Å². The molecule has 0 radical (unpaired) electrons. The summed E-state index contributed by atoms with van der Waals surface area (Å²) >= 11 is 14.2. The second-order valence-corrected chi connectivity index (χ2v) is 14.0. The summed E-state index contributed by atoms with van der Waals surface area (Å²) in [6.45, 7) is 3.65. The highest BCUT2D eigenvalue weighted by atomic mass is 35.5. The van der Waals surface area contributed by atoms with Crippen LogP contribution in [0.2, 0.25) is 10.0 Å². The first-order valence-electron chi connectivity index (χ1n) is 16.6. The highest BCUT2D eigenvalue weighted by Gasteiger charge is 2.37. The molecule has 11 nitrogen and oxygen atoms in total. The van der Waals surface area contributed by atoms with Crippen LogP contribution in [0.4, 0.5) is 0 Å². The molecule has 1 aromatic carbocycles. The highest BCUT2D eigenvalue weighted by molar-refractivity contribution is 6.39. The van der Waals surface area contributed by atoms with Gasteiger partial charge in [0, 0.05) is 84.5 Å². The van der Waals surface area contributed by atoms with E-state index in [1.54, 1.807) is 20.4 Å². The third-order valence-electron chi connectivity index (χ3n) is 9.38. The number of pyridine rings is 3. The number of nitrogens with zero attached hydrogens (tertiary/aromatic N) is 4. The van der Waals surface area contributed by atoms with E-state index in [1.807, 2.05) is 66.2 Å². The van der Waals surface area contributed by atoms with E-state index < -0.39 is 5.60 Å². The number of amides is 1. The smallest absolute Gasteiger partial charge is 0.220 e. The minimum Gasteiger partial charge on any atom is -0.493 e. The van der Waals surface area contributed by atoms with E-state index in [2.05, 4.69) is 20.9 Å². The second-order valence-electron chi connectivity index (χ2n) is 13.2. The van der Waals surface area contributed by atoms with Crippen molar-refractivity contribution in [3.63, 3.8) is 0 Å². The molecule has 1 aliphatic heterocycles. The van der Waals surface area contributed by atoms with E-state index in [0.717, 1.165) is 52.8 Å². The Kier molecular flexibility index (Phi) is 9.69. The van der Waals surface area contributed by atoms with Gasteiger partial charge in [-0.25, -0.2) is 9.97 Å². The summed E-state index contributed by atoms with van der Waals surface area (Å²) in [5, 5.41) is 20.8. The number of rotatable bonds is 12. The largest absolute Gasteiger partial charge is 0.493 e. The summed E-state index contributed by atoms with van der Waals surface area (Å²) in [4.78, 5) is 25.8. The van der Waals surface area contributed by atoms with Crippen molar-refractivity contribution >= 4 is 34.8 Å². The zero-order chi connectivity index (χ0) is 35.0. The molecule has 4 aromatic heterocycles. The number of halogens is 2. The number of hydrogen-bond donors (Lipinski definition) is 4. The van der Waals surface area contributed by atoms with Crippen LogP contribution < -0.4 is 25.4 Å². The fourth-order valence-electron chi connectivity index (χ4n) is 6.81. The number of ether oxygens (including phenoxy) is 2. The van der Waals surface area contributed by atoms with E-state index in [4.69, 9.17) is 42.6 Å². The van der Waals surface area contributed by atoms with Crippen LogP contribution in [-0.2, 0) is 17.9 Å². The molecule has 0 spiro atoms. The number of carbonyl (C=O) groups excluding carboxylic acids is 1. The molecule has 7 rings (SSSR count). The lowest BCUT2D eigenvalue weighted by Crippen LogP contribution is -2.51. The number of hydrogen-bond acceptors (Lipinski definition) is 9. The molecule has 50 heavy (non-hydrogen) atoms. The number of methoxy groups -OCH3 is 2. The van der Waals surface area contributed by atoms with Crippen LogP contribution in [0, 0.1) is 0 Å². The molecule has 2 aliphatic rings. The molecule has 5 heterocycles. The standard InChI is InChI=1S/C37H39Cl2N7O4/c1-37(48)14-24(15-37)42-18-25-20-46-19-22(13-30(49-2)35(46)44-25)34-33(39)27(11-12-41-34)26-5-4-6-28(32(26)38)29-9-7-21(36(45-29)50-3)16-40-17-23-8-10-31(47)43-23/h4-7,9,11-13,19-20,23-24,40,42,48H,8,10,14-18H2,1-3H3,(H,43,47). The normalized spacial score (nSPS) is 20.2. The first-order valence-corrected chi connectivity index (χ1v) is 17.4. The molecule has 5 aromatic rings. The minimum absolute atomic E-state index is 0.0967. The molecule has 4 N–H and O–H groups in total. The molecule has 1 atom stereocenters. The van der Waals surface area contributed by atoms with Gasteiger partial charge in [0.15, 0.2) is 11.4 Å². The van der Waals surface area contributed by atoms with Crippen LogP contribution in [0.5, 0.6) is 11.6 Å². The quantitative estimate of drug-likeness (QED) is 0.126. The number of fused-ring (bicyclic) bond motifs is 1. The predicted molar refractivity (Wildman–Crippen MR) is 194 cm³/mol. The summed E-state index contributed by atoms with van der Waals surface area (Å²) in [5.41, 5.74) is 6.04. The number of imidazole rings is 1. The Balaban J connectivity index is 1.14. The molecular weight excluding hydrogens is 677 g/mol. The van der Waals surface area contributed by atoms with Crippen LogP contribution in [-0.4, -0.2) is 68.8 Å². The van der Waals surface area contributed by atoms with E-state index >= 15 is 0 Å². The monoisotopic (exact) mass is 715 g/mol. The molecule has 1 unspecified atom stereocenters. The maximum absolute atomic E-state index is 11.5. The highest BCUT2D eigenvalue weighted by Crippen LogP contribution is 2.42. The summed E-state index contributed by atoms with van der Waals surface area (Å²) in [6, 6.07) is 13.8. The molecule has 2 fully saturated rings. The average Bonchev–Trinajstić information content (AvgIpc) is 3.71. The number of benzene rings is 1. The van der Waals surface area contributed by atoms with Gasteiger partial charge in [-0.3, -0.25) is 9.78 Å². The van der Waals surface area contributed by atoms with E-state index in [0.29, 0.717) is 64.8 Å². The van der Waals surface area contributed by atoms with Crippen molar-refractivity contribution in [2.45, 2.75) is 63.4 Å². The lowest BCUT2D eigenvalue weighted by Gasteiger charge is -2.41. The van der Waals surface area contributed by atoms with Crippen molar-refractivity contribution < 1.29 is 19.4 Å². The lowest BCUT2D eigenvalue weighted by molar-refractivity contribution is -0.119. The summed E-state index contributed by atoms with van der Waals surface area (Å²) in [5.74, 6) is 1.18. The number of aromatic nitrogens is 4. The second kappa shape index (κ2) is 14.2. The molecule has 13 heteroatoms. The summed E-state index contributed by atoms with van der Waals surface area (Å²) in [7, 11) is 3.21. The fourth-order valence-corrected chi connectivity index (χ4v) is 7.46. The van der Waals surface area contributed by atoms with Gasteiger partial charge in [-0.05, 0) is 44.4 Å². The zero-order valence-corrected chi connectivity index (χ0v) is 29.6.